The molecule has 0 amide bonds. The Bertz CT molecular complexity index is 4080. The van der Waals surface area contributed by atoms with Gasteiger partial charge in [0.2, 0.25) is 0 Å². The fourth-order valence-electron chi connectivity index (χ4n) is 9.86. The van der Waals surface area contributed by atoms with Crippen LogP contribution in [0, 0.1) is 5.41 Å². The van der Waals surface area contributed by atoms with Crippen LogP contribution < -0.4 is 57.1 Å². The maximum absolute atomic E-state index is 12.5. The molecule has 13 rings (SSSR count). The maximum atomic E-state index is 12.5. The van der Waals surface area contributed by atoms with Gasteiger partial charge in [-0.25, -0.2) is 9.97 Å². The molecule has 91 heavy (non-hydrogen) atoms. The van der Waals surface area contributed by atoms with Crippen LogP contribution in [0.2, 0.25) is 0 Å². The first-order valence-electron chi connectivity index (χ1n) is 29.3. The molecule has 0 spiro atoms. The zero-order valence-electron chi connectivity index (χ0n) is 50.8. The maximum Gasteiger partial charge on any atom is 1.00 e. The van der Waals surface area contributed by atoms with Crippen LogP contribution in [-0.2, 0) is 0 Å². The van der Waals surface area contributed by atoms with Gasteiger partial charge >= 0.3 is 51.4 Å². The van der Waals surface area contributed by atoms with Gasteiger partial charge in [0, 0.05) is 34.4 Å². The number of aromatic nitrogens is 2. The number of hydrogen-bond acceptors (Lipinski definition) is 6. The average molecular weight is 1230 g/mol. The van der Waals surface area contributed by atoms with Gasteiger partial charge in [-0.15, -0.1) is 12.4 Å². The number of nitrogens with zero attached hydrogens (tertiary/aromatic N) is 2. The standard InChI is InChI=1S/C40H28N2.C27H20O.C13H12N2.C2H6O.ClH.K.H2O/c1-4-10-29(11-5-1)32-16-22-35(23-17-32)38-28-39(36-24-18-33(19-25-36)30-12-6-2-7-13-30)42-40(41-38)37-26-20-34(21-27-37)31-14-8-3-9-15-31;28-27(26-18-16-25(17-19-26)23-9-5-2-6-10-23)20-13-21-11-14-24(15-12-21)22-7-3-1-4-8-22;14-13(15)12-8-6-11(7-9-12)10-4-2-1-3-5-10;1-2-3;;;/h1-28H;1-20H;1-9H,(H3,14,15);3H,2H2,1H3;1H;;1H2/q;;;;;+1;/p-1/b;20-13+;;;;;. The summed E-state index contributed by atoms with van der Waals surface area (Å²) in [5.74, 6) is 0.822. The van der Waals surface area contributed by atoms with Crippen molar-refractivity contribution in [2.75, 3.05) is 6.61 Å². The SMILES string of the molecule is CCO.Cl.N=C(N)c1ccc(-c2ccccc2)cc1.O=C(/C=C/c1ccc(-c2ccccc2)cc1)c1ccc(-c2ccccc2)cc1.[K+].[OH-].c1ccc(-c2ccc(-c3cc(-c4ccc(-c5ccccc5)cc4)nc(-c4ccc(-c5ccccc5)cc4)n3)cc2)cc1. The minimum atomic E-state index is 0. The number of benzene rings is 12. The van der Waals surface area contributed by atoms with Crippen molar-refractivity contribution in [2.24, 2.45) is 5.73 Å². The van der Waals surface area contributed by atoms with Gasteiger partial charge in [-0.3, -0.25) is 10.2 Å². The smallest absolute Gasteiger partial charge is 0.870 e. The number of aliphatic hydroxyl groups excluding tert-OH is 1. The summed E-state index contributed by atoms with van der Waals surface area (Å²) in [6.07, 6.45) is 3.50. The molecule has 0 aliphatic carbocycles. The first kappa shape index (κ1) is 68.9. The van der Waals surface area contributed by atoms with Gasteiger partial charge in [0.15, 0.2) is 11.6 Å². The van der Waals surface area contributed by atoms with Crippen LogP contribution in [0.25, 0.3) is 107 Å². The Morgan fingerprint density at radius 2 is 0.582 bits per heavy atom. The van der Waals surface area contributed by atoms with Crippen LogP contribution in [0.1, 0.15) is 28.4 Å². The van der Waals surface area contributed by atoms with Crippen LogP contribution in [0.5, 0.6) is 0 Å². The van der Waals surface area contributed by atoms with Gasteiger partial charge < -0.3 is 16.3 Å². The molecule has 0 saturated heterocycles. The largest absolute Gasteiger partial charge is 1.00 e. The normalized spacial score (nSPS) is 10.2. The van der Waals surface area contributed by atoms with Crippen molar-refractivity contribution in [2.45, 2.75) is 6.92 Å². The Morgan fingerprint density at radius 3 is 0.857 bits per heavy atom. The summed E-state index contributed by atoms with van der Waals surface area (Å²) in [5.41, 5.74) is 26.8. The van der Waals surface area contributed by atoms with Crippen LogP contribution in [0.15, 0.2) is 340 Å². The van der Waals surface area contributed by atoms with Crippen LogP contribution in [0.3, 0.4) is 0 Å². The van der Waals surface area contributed by atoms with Crippen molar-refractivity contribution in [1.82, 2.24) is 9.97 Å². The van der Waals surface area contributed by atoms with Crippen molar-refractivity contribution in [3.63, 3.8) is 0 Å². The summed E-state index contributed by atoms with van der Waals surface area (Å²) in [5, 5.41) is 14.9. The Morgan fingerprint density at radius 1 is 0.363 bits per heavy atom. The number of nitrogens with one attached hydrogen (secondary N) is 1. The van der Waals surface area contributed by atoms with Crippen molar-refractivity contribution in [3.05, 3.63) is 356 Å². The predicted molar refractivity (Wildman–Crippen MR) is 377 cm³/mol. The monoisotopic (exact) mass is 1230 g/mol. The minimum absolute atomic E-state index is 0. The molecule has 1 heterocycles. The third-order valence-corrected chi connectivity index (χ3v) is 14.6. The van der Waals surface area contributed by atoms with Crippen LogP contribution >= 0.6 is 12.4 Å². The first-order valence-corrected chi connectivity index (χ1v) is 29.3. The number of carbonyl (C=O) groups excluding carboxylic acids is 1. The molecule has 442 valence electrons. The molecule has 5 N–H and O–H groups in total. The number of amidine groups is 1. The molecule has 13 aromatic rings. The van der Waals surface area contributed by atoms with Crippen molar-refractivity contribution < 1.29 is 66.8 Å². The number of halogens is 1. The molecule has 0 aliphatic heterocycles. The summed E-state index contributed by atoms with van der Waals surface area (Å²) in [6, 6.07) is 113. The fraction of sp³-hybridized carbons (Fsp3) is 0.0244. The molecule has 0 radical (unpaired) electrons. The van der Waals surface area contributed by atoms with Gasteiger partial charge in [-0.05, 0) is 91.4 Å². The van der Waals surface area contributed by atoms with E-state index in [-0.39, 0.29) is 87.5 Å². The van der Waals surface area contributed by atoms with E-state index in [0.29, 0.717) is 11.4 Å². The van der Waals surface area contributed by atoms with E-state index in [0.717, 1.165) is 55.9 Å². The quantitative estimate of drug-likeness (QED) is 0.0345. The van der Waals surface area contributed by atoms with E-state index in [1.54, 1.807) is 13.0 Å². The molecule has 0 fully saturated rings. The number of hydrogen-bond donors (Lipinski definition) is 3. The molecule has 0 aliphatic rings. The minimum Gasteiger partial charge on any atom is -0.870 e. The van der Waals surface area contributed by atoms with Crippen molar-refractivity contribution in [3.8, 4) is 101 Å². The second-order valence-electron chi connectivity index (χ2n) is 20.6. The Kier molecular flexibility index (Phi) is 27.0. The van der Waals surface area contributed by atoms with E-state index in [4.69, 9.17) is 26.2 Å². The van der Waals surface area contributed by atoms with Gasteiger partial charge in [0.1, 0.15) is 5.84 Å². The van der Waals surface area contributed by atoms with Crippen LogP contribution in [0.4, 0.5) is 0 Å². The van der Waals surface area contributed by atoms with Gasteiger partial charge in [-0.2, -0.15) is 0 Å². The number of aliphatic hydroxyl groups is 1. The van der Waals surface area contributed by atoms with Gasteiger partial charge in [0.25, 0.3) is 0 Å². The van der Waals surface area contributed by atoms with E-state index >= 15 is 0 Å². The molecule has 0 bridgehead atoms. The summed E-state index contributed by atoms with van der Waals surface area (Å²) >= 11 is 0. The zero-order valence-corrected chi connectivity index (χ0v) is 54.7. The summed E-state index contributed by atoms with van der Waals surface area (Å²) in [6.45, 7) is 1.93. The van der Waals surface area contributed by atoms with E-state index in [1.807, 2.05) is 140 Å². The van der Waals surface area contributed by atoms with Gasteiger partial charge in [-0.1, -0.05) is 334 Å². The van der Waals surface area contributed by atoms with Crippen molar-refractivity contribution in [1.29, 1.82) is 5.41 Å². The fourth-order valence-corrected chi connectivity index (χ4v) is 9.86. The first-order chi connectivity index (χ1) is 43.3. The third kappa shape index (κ3) is 19.5. The van der Waals surface area contributed by atoms with Crippen molar-refractivity contribution >= 4 is 30.1 Å². The number of nitrogen functional groups attached to an aromatic ring is 1. The Hall–Kier alpha value is -9.55. The van der Waals surface area contributed by atoms with E-state index in [9.17, 15) is 4.79 Å². The molecule has 7 nitrogen and oxygen atoms in total. The zero-order chi connectivity index (χ0) is 60.7. The summed E-state index contributed by atoms with van der Waals surface area (Å²) < 4.78 is 0. The Balaban J connectivity index is 0.000000207. The number of rotatable bonds is 13. The van der Waals surface area contributed by atoms with E-state index in [1.165, 1.54) is 50.1 Å². The molecule has 0 unspecified atom stereocenters. The predicted octanol–water partition coefficient (Wildman–Crippen LogP) is 17.3. The molecule has 1 aromatic heterocycles. The Labute approximate surface area is 583 Å². The van der Waals surface area contributed by atoms with E-state index in [2.05, 4.69) is 200 Å². The van der Waals surface area contributed by atoms with E-state index < -0.39 is 0 Å². The second kappa shape index (κ2) is 35.6. The molecule has 9 heteroatoms. The topological polar surface area (TPSA) is 143 Å². The molecular formula is C82H68ClKN4O3. The number of nitrogens with two attached hydrogens (primary N) is 1. The summed E-state index contributed by atoms with van der Waals surface area (Å²) in [4.78, 5) is 22.6. The summed E-state index contributed by atoms with van der Waals surface area (Å²) in [7, 11) is 0. The van der Waals surface area contributed by atoms with Gasteiger partial charge in [0.05, 0.1) is 11.4 Å². The third-order valence-electron chi connectivity index (χ3n) is 14.6. The van der Waals surface area contributed by atoms with Crippen LogP contribution in [-0.4, -0.2) is 38.8 Å². The number of carbonyl (C=O) groups is 1. The molecular weight excluding hydrogens is 1160 g/mol. The number of ketones is 1. The second-order valence-corrected chi connectivity index (χ2v) is 20.6. The number of allylic oxidation sites excluding steroid dienone is 1. The average Bonchev–Trinajstić information content (AvgIpc) is 1.000. The molecule has 0 atom stereocenters. The molecule has 12 aromatic carbocycles. The molecule has 0 saturated carbocycles.